The summed E-state index contributed by atoms with van der Waals surface area (Å²) in [5, 5.41) is 20.2. The topological polar surface area (TPSA) is 57.5 Å². The van der Waals surface area contributed by atoms with E-state index in [9.17, 15) is 15.0 Å². The van der Waals surface area contributed by atoms with Gasteiger partial charge < -0.3 is 10.2 Å². The molecule has 4 aliphatic rings. The van der Waals surface area contributed by atoms with E-state index in [1.807, 2.05) is 0 Å². The van der Waals surface area contributed by atoms with Crippen LogP contribution in [-0.2, 0) is 4.79 Å². The Morgan fingerprint density at radius 3 is 2.75 bits per heavy atom. The number of Topliss-reactive ketones (excluding diaryl/α,β-unsaturated/α-hetero) is 1. The van der Waals surface area contributed by atoms with Crippen LogP contribution >= 0.6 is 0 Å². The van der Waals surface area contributed by atoms with E-state index in [1.165, 1.54) is 5.57 Å². The zero-order valence-corrected chi connectivity index (χ0v) is 15.1. The lowest BCUT2D eigenvalue weighted by Crippen LogP contribution is -2.54. The maximum Gasteiger partial charge on any atom is 0.161 e. The van der Waals surface area contributed by atoms with Crippen LogP contribution in [0.5, 0.6) is 0 Å². The molecule has 0 amide bonds. The van der Waals surface area contributed by atoms with Gasteiger partial charge in [-0.1, -0.05) is 25.5 Å². The summed E-state index contributed by atoms with van der Waals surface area (Å²) in [5.74, 6) is 1.83. The number of allylic oxidation sites excluding steroid dienone is 1. The van der Waals surface area contributed by atoms with Crippen molar-refractivity contribution in [1.82, 2.24) is 0 Å². The molecule has 0 radical (unpaired) electrons. The van der Waals surface area contributed by atoms with E-state index in [0.29, 0.717) is 17.8 Å². The first-order chi connectivity index (χ1) is 11.4. The van der Waals surface area contributed by atoms with Crippen molar-refractivity contribution in [2.45, 2.75) is 71.3 Å². The van der Waals surface area contributed by atoms with Crippen molar-refractivity contribution in [2.24, 2.45) is 34.5 Å². The molecule has 3 heteroatoms. The van der Waals surface area contributed by atoms with Crippen LogP contribution in [0.1, 0.15) is 65.2 Å². The number of ketones is 1. The number of carbonyl (C=O) groups excluding carboxylic acids is 1. The lowest BCUT2D eigenvalue weighted by molar-refractivity contribution is -0.134. The summed E-state index contributed by atoms with van der Waals surface area (Å²) < 4.78 is 0. The largest absolute Gasteiger partial charge is 0.392 e. The Labute approximate surface area is 145 Å². The van der Waals surface area contributed by atoms with E-state index >= 15 is 0 Å². The van der Waals surface area contributed by atoms with Crippen molar-refractivity contribution >= 4 is 5.78 Å². The minimum atomic E-state index is -0.304. The van der Waals surface area contributed by atoms with Crippen molar-refractivity contribution in [3.8, 4) is 0 Å². The fourth-order valence-corrected chi connectivity index (χ4v) is 7.35. The van der Waals surface area contributed by atoms with E-state index in [-0.39, 0.29) is 35.2 Å². The van der Waals surface area contributed by atoms with Gasteiger partial charge in [-0.2, -0.15) is 0 Å². The summed E-state index contributed by atoms with van der Waals surface area (Å²) in [7, 11) is 0. The van der Waals surface area contributed by atoms with E-state index < -0.39 is 0 Å². The number of hydrogen-bond donors (Lipinski definition) is 2. The third-order valence-electron chi connectivity index (χ3n) is 8.70. The molecule has 0 aromatic carbocycles. The van der Waals surface area contributed by atoms with Gasteiger partial charge in [0.2, 0.25) is 0 Å². The number of aliphatic hydroxyl groups excluding tert-OH is 2. The summed E-state index contributed by atoms with van der Waals surface area (Å²) in [6.07, 6.45) is 10.8. The highest BCUT2D eigenvalue weighted by Crippen LogP contribution is 2.66. The Kier molecular flexibility index (Phi) is 3.96. The van der Waals surface area contributed by atoms with Gasteiger partial charge in [0.05, 0.1) is 6.10 Å². The molecule has 3 nitrogen and oxygen atoms in total. The number of aliphatic hydroxyl groups is 2. The first-order valence-corrected chi connectivity index (χ1v) is 9.94. The van der Waals surface area contributed by atoms with E-state index in [1.54, 1.807) is 0 Å². The third kappa shape index (κ3) is 2.07. The van der Waals surface area contributed by atoms with E-state index in [2.05, 4.69) is 19.9 Å². The van der Waals surface area contributed by atoms with Crippen LogP contribution in [0.3, 0.4) is 0 Å². The van der Waals surface area contributed by atoms with Crippen LogP contribution in [0.2, 0.25) is 0 Å². The molecule has 0 aromatic rings. The maximum absolute atomic E-state index is 12.3. The number of carbonyl (C=O) groups is 1. The Hall–Kier alpha value is -0.670. The normalized spacial score (nSPS) is 50.5. The summed E-state index contributed by atoms with van der Waals surface area (Å²) in [6.45, 7) is 4.31. The van der Waals surface area contributed by atoms with E-state index in [4.69, 9.17) is 0 Å². The zero-order chi connectivity index (χ0) is 17.1. The van der Waals surface area contributed by atoms with Crippen molar-refractivity contribution in [3.63, 3.8) is 0 Å². The van der Waals surface area contributed by atoms with Gasteiger partial charge in [-0.3, -0.25) is 4.79 Å². The fraction of sp³-hybridized carbons (Fsp3) is 0.857. The van der Waals surface area contributed by atoms with Gasteiger partial charge in [-0.15, -0.1) is 0 Å². The monoisotopic (exact) mass is 332 g/mol. The molecule has 0 spiro atoms. The predicted molar refractivity (Wildman–Crippen MR) is 93.3 cm³/mol. The molecule has 3 saturated carbocycles. The first kappa shape index (κ1) is 16.8. The minimum Gasteiger partial charge on any atom is -0.392 e. The van der Waals surface area contributed by atoms with E-state index in [0.717, 1.165) is 51.4 Å². The van der Waals surface area contributed by atoms with Crippen LogP contribution in [-0.4, -0.2) is 28.7 Å². The highest BCUT2D eigenvalue weighted by molar-refractivity contribution is 5.83. The summed E-state index contributed by atoms with van der Waals surface area (Å²) in [5.41, 5.74) is 1.52. The molecule has 24 heavy (non-hydrogen) atoms. The molecular weight excluding hydrogens is 300 g/mol. The van der Waals surface area contributed by atoms with Gasteiger partial charge >= 0.3 is 0 Å². The van der Waals surface area contributed by atoms with Gasteiger partial charge in [-0.05, 0) is 74.5 Å². The molecule has 0 aromatic heterocycles. The first-order valence-electron chi connectivity index (χ1n) is 9.94. The third-order valence-corrected chi connectivity index (χ3v) is 8.70. The fourth-order valence-electron chi connectivity index (χ4n) is 7.35. The molecule has 2 N–H and O–H groups in total. The van der Waals surface area contributed by atoms with Gasteiger partial charge in [0.1, 0.15) is 6.61 Å². The molecule has 0 aliphatic heterocycles. The second-order valence-corrected chi connectivity index (χ2v) is 9.33. The van der Waals surface area contributed by atoms with Crippen molar-refractivity contribution in [1.29, 1.82) is 0 Å². The zero-order valence-electron chi connectivity index (χ0n) is 15.1. The van der Waals surface area contributed by atoms with Gasteiger partial charge in [-0.25, -0.2) is 0 Å². The van der Waals surface area contributed by atoms with Crippen molar-refractivity contribution in [3.05, 3.63) is 11.6 Å². The smallest absolute Gasteiger partial charge is 0.161 e. The summed E-state index contributed by atoms with van der Waals surface area (Å²) in [4.78, 5) is 12.3. The Bertz CT molecular complexity index is 567. The van der Waals surface area contributed by atoms with Crippen LogP contribution in [0.15, 0.2) is 11.6 Å². The Balaban J connectivity index is 1.67. The summed E-state index contributed by atoms with van der Waals surface area (Å²) in [6, 6.07) is 0. The van der Waals surface area contributed by atoms with Gasteiger partial charge in [0.25, 0.3) is 0 Å². The molecule has 0 saturated heterocycles. The minimum absolute atomic E-state index is 0.0401. The SMILES string of the molecule is C[C@]12CC[C@H]3[C@@H](CC=C4CCCC(O)[C@@]43C)[C@@H]1CC[C@@H]2C(=O)CO. The second-order valence-electron chi connectivity index (χ2n) is 9.33. The quantitative estimate of drug-likeness (QED) is 0.761. The van der Waals surface area contributed by atoms with Crippen molar-refractivity contribution < 1.29 is 15.0 Å². The average molecular weight is 332 g/mol. The Morgan fingerprint density at radius 1 is 1.21 bits per heavy atom. The molecule has 134 valence electrons. The Morgan fingerprint density at radius 2 is 2.00 bits per heavy atom. The second kappa shape index (κ2) is 5.67. The standard InChI is InChI=1S/C21H32O3/c1-20-11-10-16-14(15(20)8-9-17(20)18(23)12-22)7-6-13-4-3-5-19(24)21(13,16)2/h6,14-17,19,22,24H,3-5,7-12H2,1-2H3/t14-,15-,16-,17+,19?,20-,21-/m0/s1. The summed E-state index contributed by atoms with van der Waals surface area (Å²) >= 11 is 0. The molecule has 1 unspecified atom stereocenters. The van der Waals surface area contributed by atoms with Crippen LogP contribution in [0.4, 0.5) is 0 Å². The number of fused-ring (bicyclic) bond motifs is 5. The number of rotatable bonds is 2. The predicted octanol–water partition coefficient (Wildman–Crippen LogP) is 3.49. The van der Waals surface area contributed by atoms with Crippen molar-refractivity contribution in [2.75, 3.05) is 6.61 Å². The van der Waals surface area contributed by atoms with Gasteiger partial charge in [0.15, 0.2) is 5.78 Å². The maximum atomic E-state index is 12.3. The number of hydrogen-bond acceptors (Lipinski definition) is 3. The highest BCUT2D eigenvalue weighted by Gasteiger charge is 2.60. The lowest BCUT2D eigenvalue weighted by Gasteiger charge is -2.58. The molecule has 0 heterocycles. The van der Waals surface area contributed by atoms with Crippen LogP contribution in [0.25, 0.3) is 0 Å². The average Bonchev–Trinajstić information content (AvgIpc) is 2.92. The molecular formula is C21H32O3. The van der Waals surface area contributed by atoms with Crippen LogP contribution in [0, 0.1) is 34.5 Å². The van der Waals surface area contributed by atoms with Gasteiger partial charge in [0, 0.05) is 11.3 Å². The highest BCUT2D eigenvalue weighted by atomic mass is 16.3. The van der Waals surface area contributed by atoms with Crippen LogP contribution < -0.4 is 0 Å². The molecule has 4 rings (SSSR count). The lowest BCUT2D eigenvalue weighted by atomic mass is 9.47. The molecule has 0 bridgehead atoms. The molecule has 4 aliphatic carbocycles. The molecule has 3 fully saturated rings. The molecule has 7 atom stereocenters.